The Labute approximate surface area is 145 Å². The van der Waals surface area contributed by atoms with Crippen LogP contribution in [-0.4, -0.2) is 43.8 Å². The molecule has 0 atom stereocenters. The maximum Gasteiger partial charge on any atom is 0.260 e. The number of furan rings is 1. The van der Waals surface area contributed by atoms with Gasteiger partial charge >= 0.3 is 0 Å². The summed E-state index contributed by atoms with van der Waals surface area (Å²) >= 11 is 6.16. The number of carbonyl (C=O) groups excluding carboxylic acids is 1. The van der Waals surface area contributed by atoms with Gasteiger partial charge in [0.1, 0.15) is 5.76 Å². The van der Waals surface area contributed by atoms with Crippen molar-refractivity contribution >= 4 is 34.8 Å². The molecular weight excluding hydrogens is 328 g/mol. The summed E-state index contributed by atoms with van der Waals surface area (Å²) in [5.74, 6) is 0.627. The van der Waals surface area contributed by atoms with Gasteiger partial charge in [0.25, 0.3) is 5.91 Å². The van der Waals surface area contributed by atoms with Crippen molar-refractivity contribution in [2.24, 2.45) is 0 Å². The second-order valence-electron chi connectivity index (χ2n) is 5.84. The summed E-state index contributed by atoms with van der Waals surface area (Å²) < 4.78 is 10.7. The molecule has 0 bridgehead atoms. The van der Waals surface area contributed by atoms with E-state index in [4.69, 9.17) is 20.8 Å². The van der Waals surface area contributed by atoms with Gasteiger partial charge in [-0.15, -0.1) is 0 Å². The van der Waals surface area contributed by atoms with Crippen molar-refractivity contribution in [3.05, 3.63) is 52.9 Å². The molecule has 0 saturated carbocycles. The Morgan fingerprint density at radius 2 is 2.04 bits per heavy atom. The number of halogens is 1. The number of rotatable bonds is 3. The summed E-state index contributed by atoms with van der Waals surface area (Å²) in [5.41, 5.74) is 2.36. The molecule has 4 rings (SSSR count). The number of hydrogen-bond donors (Lipinski definition) is 0. The summed E-state index contributed by atoms with van der Waals surface area (Å²) in [4.78, 5) is 17.0. The summed E-state index contributed by atoms with van der Waals surface area (Å²) in [5, 5.41) is 0.618. The predicted octanol–water partition coefficient (Wildman–Crippen LogP) is 3.11. The molecule has 2 aromatic rings. The van der Waals surface area contributed by atoms with Gasteiger partial charge in [0.2, 0.25) is 0 Å². The highest BCUT2D eigenvalue weighted by Gasteiger charge is 2.34. The van der Waals surface area contributed by atoms with E-state index in [2.05, 4.69) is 4.90 Å². The Hall–Kier alpha value is -2.08. The Balaban J connectivity index is 1.70. The minimum Gasteiger partial charge on any atom is -0.465 e. The molecule has 0 aliphatic carbocycles. The summed E-state index contributed by atoms with van der Waals surface area (Å²) in [6.45, 7) is 3.55. The van der Waals surface area contributed by atoms with E-state index in [1.807, 2.05) is 24.3 Å². The maximum atomic E-state index is 13.0. The second-order valence-corrected chi connectivity index (χ2v) is 6.28. The largest absolute Gasteiger partial charge is 0.465 e. The lowest BCUT2D eigenvalue weighted by molar-refractivity contribution is -0.113. The number of hydrogen-bond acceptors (Lipinski definition) is 4. The molecule has 3 heterocycles. The normalized spacial score (nSPS) is 20.0. The molecule has 1 aromatic heterocycles. The number of carbonyl (C=O) groups is 1. The molecule has 0 N–H and O–H groups in total. The molecule has 0 spiro atoms. The number of morpholine rings is 1. The molecule has 1 aromatic carbocycles. The lowest BCUT2D eigenvalue weighted by Gasteiger charge is -2.30. The number of ether oxygens (including phenoxy) is 1. The minimum absolute atomic E-state index is 0.0323. The SMILES string of the molecule is O=C1C(=Cc2ccco2)c2ccc(Cl)cc2N1CN1CCOCC1. The Morgan fingerprint density at radius 3 is 2.79 bits per heavy atom. The zero-order chi connectivity index (χ0) is 16.5. The van der Waals surface area contributed by atoms with E-state index in [-0.39, 0.29) is 5.91 Å². The molecule has 24 heavy (non-hydrogen) atoms. The Bertz CT molecular complexity index is 780. The quantitative estimate of drug-likeness (QED) is 0.803. The molecule has 124 valence electrons. The highest BCUT2D eigenvalue weighted by molar-refractivity contribution is 6.37. The van der Waals surface area contributed by atoms with E-state index >= 15 is 0 Å². The van der Waals surface area contributed by atoms with Gasteiger partial charge in [-0.25, -0.2) is 0 Å². The van der Waals surface area contributed by atoms with Crippen molar-refractivity contribution in [3.8, 4) is 0 Å². The van der Waals surface area contributed by atoms with E-state index in [0.29, 0.717) is 36.2 Å². The third-order valence-corrected chi connectivity index (χ3v) is 4.53. The summed E-state index contributed by atoms with van der Waals surface area (Å²) in [7, 11) is 0. The van der Waals surface area contributed by atoms with Gasteiger partial charge in [-0.2, -0.15) is 0 Å². The first-order valence-corrected chi connectivity index (χ1v) is 8.27. The summed E-state index contributed by atoms with van der Waals surface area (Å²) in [6, 6.07) is 9.18. The van der Waals surface area contributed by atoms with Gasteiger partial charge in [0, 0.05) is 23.7 Å². The first kappa shape index (κ1) is 15.4. The van der Waals surface area contributed by atoms with Gasteiger partial charge < -0.3 is 9.15 Å². The lowest BCUT2D eigenvalue weighted by Crippen LogP contribution is -2.45. The Kier molecular flexibility index (Phi) is 4.14. The molecule has 1 fully saturated rings. The molecule has 5 nitrogen and oxygen atoms in total. The van der Waals surface area contributed by atoms with Crippen molar-refractivity contribution in [2.45, 2.75) is 0 Å². The highest BCUT2D eigenvalue weighted by Crippen LogP contribution is 2.39. The van der Waals surface area contributed by atoms with Crippen LogP contribution in [0.5, 0.6) is 0 Å². The van der Waals surface area contributed by atoms with Crippen LogP contribution < -0.4 is 4.90 Å². The average molecular weight is 345 g/mol. The van der Waals surface area contributed by atoms with Gasteiger partial charge in [-0.3, -0.25) is 14.6 Å². The van der Waals surface area contributed by atoms with Crippen molar-refractivity contribution in [2.75, 3.05) is 37.9 Å². The number of benzene rings is 1. The van der Waals surface area contributed by atoms with E-state index in [9.17, 15) is 4.79 Å². The number of anilines is 1. The summed E-state index contributed by atoms with van der Waals surface area (Å²) in [6.07, 6.45) is 3.38. The minimum atomic E-state index is -0.0323. The van der Waals surface area contributed by atoms with Gasteiger partial charge in [0.15, 0.2) is 0 Å². The fourth-order valence-corrected chi connectivity index (χ4v) is 3.23. The monoisotopic (exact) mass is 344 g/mol. The number of amides is 1. The smallest absolute Gasteiger partial charge is 0.260 e. The van der Waals surface area contributed by atoms with E-state index in [1.54, 1.807) is 23.3 Å². The number of fused-ring (bicyclic) bond motifs is 1. The van der Waals surface area contributed by atoms with Gasteiger partial charge in [-0.1, -0.05) is 17.7 Å². The first-order chi connectivity index (χ1) is 11.7. The Morgan fingerprint density at radius 1 is 1.21 bits per heavy atom. The third kappa shape index (κ3) is 2.86. The molecule has 2 aliphatic rings. The molecule has 1 amide bonds. The van der Waals surface area contributed by atoms with Crippen molar-refractivity contribution < 1.29 is 13.9 Å². The fraction of sp³-hybridized carbons (Fsp3) is 0.278. The maximum absolute atomic E-state index is 13.0. The number of nitrogens with zero attached hydrogens (tertiary/aromatic N) is 2. The first-order valence-electron chi connectivity index (χ1n) is 7.89. The van der Waals surface area contributed by atoms with Crippen LogP contribution in [0.15, 0.2) is 41.0 Å². The standard InChI is InChI=1S/C18H17ClN2O3/c19-13-3-4-15-16(11-14-2-1-7-24-14)18(22)21(17(15)10-13)12-20-5-8-23-9-6-20/h1-4,7,10-11H,5-6,8-9,12H2. The fourth-order valence-electron chi connectivity index (χ4n) is 3.06. The average Bonchev–Trinajstić information content (AvgIpc) is 3.19. The molecular formula is C18H17ClN2O3. The zero-order valence-electron chi connectivity index (χ0n) is 13.1. The van der Waals surface area contributed by atoms with Crippen LogP contribution in [-0.2, 0) is 9.53 Å². The van der Waals surface area contributed by atoms with Crippen LogP contribution in [0.4, 0.5) is 5.69 Å². The molecule has 0 radical (unpaired) electrons. The van der Waals surface area contributed by atoms with E-state index in [1.165, 1.54) is 0 Å². The van der Waals surface area contributed by atoms with Crippen molar-refractivity contribution in [1.29, 1.82) is 0 Å². The van der Waals surface area contributed by atoms with E-state index < -0.39 is 0 Å². The van der Waals surface area contributed by atoms with Crippen LogP contribution in [0.1, 0.15) is 11.3 Å². The molecule has 0 unspecified atom stereocenters. The van der Waals surface area contributed by atoms with Crippen molar-refractivity contribution in [1.82, 2.24) is 4.90 Å². The van der Waals surface area contributed by atoms with Gasteiger partial charge in [-0.05, 0) is 30.3 Å². The highest BCUT2D eigenvalue weighted by atomic mass is 35.5. The lowest BCUT2D eigenvalue weighted by atomic mass is 10.1. The molecule has 2 aliphatic heterocycles. The third-order valence-electron chi connectivity index (χ3n) is 4.29. The van der Waals surface area contributed by atoms with Crippen LogP contribution >= 0.6 is 11.6 Å². The van der Waals surface area contributed by atoms with Crippen LogP contribution in [0.2, 0.25) is 5.02 Å². The molecule has 1 saturated heterocycles. The van der Waals surface area contributed by atoms with Crippen LogP contribution in [0.25, 0.3) is 11.6 Å². The second kappa shape index (κ2) is 6.43. The van der Waals surface area contributed by atoms with Crippen LogP contribution in [0.3, 0.4) is 0 Å². The van der Waals surface area contributed by atoms with Crippen molar-refractivity contribution in [3.63, 3.8) is 0 Å². The predicted molar refractivity (Wildman–Crippen MR) is 92.8 cm³/mol. The zero-order valence-corrected chi connectivity index (χ0v) is 13.8. The topological polar surface area (TPSA) is 45.9 Å². The van der Waals surface area contributed by atoms with Crippen LogP contribution in [0, 0.1) is 0 Å². The van der Waals surface area contributed by atoms with E-state index in [0.717, 1.165) is 24.3 Å². The van der Waals surface area contributed by atoms with Gasteiger partial charge in [0.05, 0.1) is 37.4 Å². The molecule has 6 heteroatoms.